The van der Waals surface area contributed by atoms with Crippen molar-refractivity contribution in [3.8, 4) is 0 Å². The predicted molar refractivity (Wildman–Crippen MR) is 24.0 cm³/mol. The molecule has 0 unspecified atom stereocenters. The summed E-state index contributed by atoms with van der Waals surface area (Å²) in [6, 6.07) is 0. The van der Waals surface area contributed by atoms with Gasteiger partial charge in [-0.15, -0.1) is 0 Å². The first-order valence-corrected chi connectivity index (χ1v) is 2.29. The average molecular weight is 151 g/mol. The molecular formula is C3H3BrO2. The van der Waals surface area contributed by atoms with E-state index >= 15 is 0 Å². The van der Waals surface area contributed by atoms with Gasteiger partial charge in [0, 0.05) is 0 Å². The molecule has 0 spiro atoms. The third kappa shape index (κ3) is 0.653. The largest absolute Gasteiger partial charge is 0.461 e. The van der Waals surface area contributed by atoms with E-state index < -0.39 is 0 Å². The molecule has 0 N–H and O–H groups in total. The number of rotatable bonds is 0. The third-order valence-electron chi connectivity index (χ3n) is 0.441. The van der Waals surface area contributed by atoms with Gasteiger partial charge in [-0.05, 0) is 15.9 Å². The van der Waals surface area contributed by atoms with Gasteiger partial charge in [0.25, 0.3) is 0 Å². The molecule has 1 aliphatic rings. The Bertz CT molecular complexity index is 78.9. The summed E-state index contributed by atoms with van der Waals surface area (Å²) in [5, 5.41) is 0. The summed E-state index contributed by atoms with van der Waals surface area (Å²) in [7, 11) is 0. The second-order valence-electron chi connectivity index (χ2n) is 0.851. The average Bonchev–Trinajstić information content (AvgIpc) is 1.86. The van der Waals surface area contributed by atoms with Gasteiger partial charge in [-0.3, -0.25) is 0 Å². The Morgan fingerprint density at radius 1 is 1.83 bits per heavy atom. The smallest absolute Gasteiger partial charge is 0.231 e. The van der Waals surface area contributed by atoms with E-state index in [9.17, 15) is 0 Å². The first kappa shape index (κ1) is 3.99. The molecular weight excluding hydrogens is 148 g/mol. The molecule has 6 heavy (non-hydrogen) atoms. The second-order valence-corrected chi connectivity index (χ2v) is 1.63. The van der Waals surface area contributed by atoms with Crippen molar-refractivity contribution in [2.75, 3.05) is 6.79 Å². The van der Waals surface area contributed by atoms with Crippen molar-refractivity contribution in [1.82, 2.24) is 0 Å². The summed E-state index contributed by atoms with van der Waals surface area (Å²) in [5.41, 5.74) is 0. The highest BCUT2D eigenvalue weighted by Crippen LogP contribution is 2.11. The van der Waals surface area contributed by atoms with Crippen molar-refractivity contribution >= 4 is 15.9 Å². The molecule has 0 bridgehead atoms. The Balaban J connectivity index is 2.45. The summed E-state index contributed by atoms with van der Waals surface area (Å²) in [6.45, 7) is 0.348. The van der Waals surface area contributed by atoms with Gasteiger partial charge >= 0.3 is 0 Å². The van der Waals surface area contributed by atoms with Crippen LogP contribution in [-0.2, 0) is 9.47 Å². The second kappa shape index (κ2) is 1.51. The van der Waals surface area contributed by atoms with Crippen LogP contribution in [0.2, 0.25) is 0 Å². The Hall–Kier alpha value is -0.180. The first-order chi connectivity index (χ1) is 2.89. The van der Waals surface area contributed by atoms with E-state index in [1.807, 2.05) is 0 Å². The predicted octanol–water partition coefficient (Wildman–Crippen LogP) is 1.18. The van der Waals surface area contributed by atoms with Gasteiger partial charge in [-0.25, -0.2) is 0 Å². The lowest BCUT2D eigenvalue weighted by Crippen LogP contribution is -1.77. The molecule has 0 aromatic rings. The lowest BCUT2D eigenvalue weighted by atomic mass is 11.1. The molecule has 3 heteroatoms. The number of hydrogen-bond acceptors (Lipinski definition) is 2. The minimum Gasteiger partial charge on any atom is -0.461 e. The molecule has 0 aromatic heterocycles. The molecule has 0 amide bonds. The molecule has 0 aliphatic carbocycles. The Morgan fingerprint density at radius 2 is 2.67 bits per heavy atom. The topological polar surface area (TPSA) is 18.5 Å². The zero-order valence-electron chi connectivity index (χ0n) is 2.98. The number of hydrogen-bond donors (Lipinski definition) is 0. The van der Waals surface area contributed by atoms with Crippen LogP contribution < -0.4 is 0 Å². The molecule has 0 saturated carbocycles. The molecule has 1 rings (SSSR count). The normalized spacial score (nSPS) is 18.5. The molecule has 0 radical (unpaired) electrons. The summed E-state index contributed by atoms with van der Waals surface area (Å²) in [5.74, 6) is 0. The van der Waals surface area contributed by atoms with E-state index in [0.29, 0.717) is 11.5 Å². The van der Waals surface area contributed by atoms with Crippen LogP contribution >= 0.6 is 15.9 Å². The Labute approximate surface area is 43.9 Å². The summed E-state index contributed by atoms with van der Waals surface area (Å²) in [4.78, 5) is 0. The van der Waals surface area contributed by atoms with Crippen LogP contribution in [0.5, 0.6) is 0 Å². The van der Waals surface area contributed by atoms with Crippen LogP contribution in [0.15, 0.2) is 10.9 Å². The standard InChI is InChI=1S/C3H3BrO2/c4-3-1-5-2-6-3/h1H,2H2. The van der Waals surface area contributed by atoms with E-state index in [2.05, 4.69) is 20.7 Å². The van der Waals surface area contributed by atoms with E-state index in [-0.39, 0.29) is 0 Å². The minimum atomic E-state index is 0.348. The molecule has 1 aliphatic heterocycles. The van der Waals surface area contributed by atoms with Gasteiger partial charge in [0.15, 0.2) is 0 Å². The van der Waals surface area contributed by atoms with Crippen molar-refractivity contribution in [1.29, 1.82) is 0 Å². The monoisotopic (exact) mass is 150 g/mol. The maximum Gasteiger partial charge on any atom is 0.231 e. The fraction of sp³-hybridized carbons (Fsp3) is 0.333. The fourth-order valence-corrected chi connectivity index (χ4v) is 0.449. The van der Waals surface area contributed by atoms with Crippen molar-refractivity contribution < 1.29 is 9.47 Å². The van der Waals surface area contributed by atoms with Crippen molar-refractivity contribution in [3.63, 3.8) is 0 Å². The third-order valence-corrected chi connectivity index (χ3v) is 0.857. The van der Waals surface area contributed by atoms with Gasteiger partial charge in [0.1, 0.15) is 6.26 Å². The zero-order valence-corrected chi connectivity index (χ0v) is 4.56. The van der Waals surface area contributed by atoms with Crippen molar-refractivity contribution in [3.05, 3.63) is 10.9 Å². The summed E-state index contributed by atoms with van der Waals surface area (Å²) < 4.78 is 10.0. The van der Waals surface area contributed by atoms with Gasteiger partial charge in [0.05, 0.1) is 0 Å². The first-order valence-electron chi connectivity index (χ1n) is 1.49. The lowest BCUT2D eigenvalue weighted by Gasteiger charge is -1.85. The molecule has 0 aromatic carbocycles. The molecule has 1 heterocycles. The quantitative estimate of drug-likeness (QED) is 0.517. The van der Waals surface area contributed by atoms with Gasteiger partial charge in [-0.2, -0.15) is 0 Å². The molecule has 0 atom stereocenters. The molecule has 0 fully saturated rings. The van der Waals surface area contributed by atoms with Crippen LogP contribution in [0.3, 0.4) is 0 Å². The van der Waals surface area contributed by atoms with Crippen LogP contribution in [0.4, 0.5) is 0 Å². The van der Waals surface area contributed by atoms with Gasteiger partial charge in [0.2, 0.25) is 11.5 Å². The molecule has 2 nitrogen and oxygen atoms in total. The highest BCUT2D eigenvalue weighted by Gasteiger charge is 1.97. The van der Waals surface area contributed by atoms with Crippen LogP contribution in [-0.4, -0.2) is 6.79 Å². The highest BCUT2D eigenvalue weighted by molar-refractivity contribution is 9.11. The van der Waals surface area contributed by atoms with Crippen molar-refractivity contribution in [2.45, 2.75) is 0 Å². The van der Waals surface area contributed by atoms with Crippen molar-refractivity contribution in [2.24, 2.45) is 0 Å². The van der Waals surface area contributed by atoms with E-state index in [4.69, 9.17) is 4.74 Å². The van der Waals surface area contributed by atoms with E-state index in [1.165, 1.54) is 6.26 Å². The lowest BCUT2D eigenvalue weighted by molar-refractivity contribution is 0.0895. The maximum absolute atomic E-state index is 4.71. The Morgan fingerprint density at radius 3 is 2.83 bits per heavy atom. The van der Waals surface area contributed by atoms with Gasteiger partial charge < -0.3 is 9.47 Å². The summed E-state index contributed by atoms with van der Waals surface area (Å²) in [6.07, 6.45) is 1.51. The minimum absolute atomic E-state index is 0.348. The summed E-state index contributed by atoms with van der Waals surface area (Å²) >= 11 is 3.05. The number of ether oxygens (including phenoxy) is 2. The SMILES string of the molecule is BrC1=COCO1. The van der Waals surface area contributed by atoms with Crippen LogP contribution in [0.1, 0.15) is 0 Å². The fourth-order valence-electron chi connectivity index (χ4n) is 0.224. The van der Waals surface area contributed by atoms with Crippen LogP contribution in [0, 0.1) is 0 Å². The van der Waals surface area contributed by atoms with E-state index in [0.717, 1.165) is 0 Å². The molecule has 34 valence electrons. The Kier molecular flexibility index (Phi) is 1.01. The van der Waals surface area contributed by atoms with Gasteiger partial charge in [-0.1, -0.05) is 0 Å². The maximum atomic E-state index is 4.71. The van der Waals surface area contributed by atoms with Crippen LogP contribution in [0.25, 0.3) is 0 Å². The number of halogens is 1. The zero-order chi connectivity index (χ0) is 4.41. The highest BCUT2D eigenvalue weighted by atomic mass is 79.9. The van der Waals surface area contributed by atoms with E-state index in [1.54, 1.807) is 0 Å². The molecule has 0 saturated heterocycles.